The van der Waals surface area contributed by atoms with Crippen molar-refractivity contribution < 1.29 is 22.7 Å². The van der Waals surface area contributed by atoms with Gasteiger partial charge < -0.3 is 9.47 Å². The van der Waals surface area contributed by atoms with Crippen LogP contribution in [0.1, 0.15) is 24.1 Å². The molecule has 0 radical (unpaired) electrons. The van der Waals surface area contributed by atoms with Crippen LogP contribution in [0.2, 0.25) is 0 Å². The van der Waals surface area contributed by atoms with E-state index in [-0.39, 0.29) is 4.90 Å². The number of benzene rings is 2. The number of sulfonamides is 1. The van der Waals surface area contributed by atoms with Gasteiger partial charge in [-0.2, -0.15) is 0 Å². The average molecular weight is 377 g/mol. The van der Waals surface area contributed by atoms with Crippen LogP contribution >= 0.6 is 0 Å². The van der Waals surface area contributed by atoms with Gasteiger partial charge >= 0.3 is 5.97 Å². The summed E-state index contributed by atoms with van der Waals surface area (Å²) in [7, 11) is -0.994. The van der Waals surface area contributed by atoms with Crippen molar-refractivity contribution in [3.05, 3.63) is 59.7 Å². The summed E-state index contributed by atoms with van der Waals surface area (Å²) in [4.78, 5) is 12.2. The molecule has 2 aromatic carbocycles. The standard InChI is InChI=1S/C19H23NO5S/c1-13-5-11-17(12-6-13)26(22,23)20-18(14(2)19(21)25-4)15-7-9-16(24-3)10-8-15/h5-12,14,18,20H,1-4H3. The molecule has 0 aliphatic heterocycles. The Balaban J connectivity index is 2.39. The van der Waals surface area contributed by atoms with Gasteiger partial charge in [0.05, 0.1) is 31.1 Å². The molecule has 0 aromatic heterocycles. The Morgan fingerprint density at radius 2 is 1.58 bits per heavy atom. The highest BCUT2D eigenvalue weighted by Crippen LogP contribution is 2.27. The topological polar surface area (TPSA) is 81.7 Å². The number of methoxy groups -OCH3 is 2. The van der Waals surface area contributed by atoms with Gasteiger partial charge in [-0.25, -0.2) is 13.1 Å². The van der Waals surface area contributed by atoms with Crippen LogP contribution in [-0.2, 0) is 19.6 Å². The Morgan fingerprint density at radius 1 is 1.00 bits per heavy atom. The Morgan fingerprint density at radius 3 is 2.08 bits per heavy atom. The van der Waals surface area contributed by atoms with Gasteiger partial charge in [-0.15, -0.1) is 0 Å². The maximum atomic E-state index is 12.8. The third-order valence-electron chi connectivity index (χ3n) is 4.16. The summed E-state index contributed by atoms with van der Waals surface area (Å²) >= 11 is 0. The van der Waals surface area contributed by atoms with Crippen LogP contribution in [0.5, 0.6) is 5.75 Å². The van der Waals surface area contributed by atoms with E-state index in [1.807, 2.05) is 6.92 Å². The molecule has 0 saturated heterocycles. The minimum absolute atomic E-state index is 0.138. The van der Waals surface area contributed by atoms with Crippen LogP contribution in [0, 0.1) is 12.8 Å². The maximum absolute atomic E-state index is 12.8. The Hall–Kier alpha value is -2.38. The van der Waals surface area contributed by atoms with Crippen LogP contribution in [0.3, 0.4) is 0 Å². The lowest BCUT2D eigenvalue weighted by Crippen LogP contribution is -2.36. The smallest absolute Gasteiger partial charge is 0.310 e. The van der Waals surface area contributed by atoms with Gasteiger partial charge in [0.2, 0.25) is 10.0 Å². The molecule has 0 fully saturated rings. The molecule has 2 unspecified atom stereocenters. The average Bonchev–Trinajstić information content (AvgIpc) is 2.65. The molecule has 0 aliphatic rings. The lowest BCUT2D eigenvalue weighted by atomic mass is 9.95. The molecule has 2 rings (SSSR count). The zero-order valence-corrected chi connectivity index (χ0v) is 16.0. The maximum Gasteiger partial charge on any atom is 0.310 e. The van der Waals surface area contributed by atoms with Crippen LogP contribution in [0.15, 0.2) is 53.4 Å². The van der Waals surface area contributed by atoms with E-state index in [0.717, 1.165) is 5.56 Å². The van der Waals surface area contributed by atoms with Crippen molar-refractivity contribution in [1.82, 2.24) is 4.72 Å². The Labute approximate surface area is 154 Å². The molecule has 0 spiro atoms. The van der Waals surface area contributed by atoms with Crippen molar-refractivity contribution in [3.8, 4) is 5.75 Å². The van der Waals surface area contributed by atoms with E-state index < -0.39 is 28.0 Å². The number of rotatable bonds is 7. The highest BCUT2D eigenvalue weighted by Gasteiger charge is 2.31. The van der Waals surface area contributed by atoms with Crippen LogP contribution in [-0.4, -0.2) is 28.6 Å². The predicted octanol–water partition coefficient (Wildman–Crippen LogP) is 2.83. The van der Waals surface area contributed by atoms with E-state index in [1.54, 1.807) is 50.4 Å². The third-order valence-corrected chi connectivity index (χ3v) is 5.62. The van der Waals surface area contributed by atoms with Crippen molar-refractivity contribution >= 4 is 16.0 Å². The minimum Gasteiger partial charge on any atom is -0.497 e. The molecule has 6 nitrogen and oxygen atoms in total. The molecule has 7 heteroatoms. The van der Waals surface area contributed by atoms with Crippen molar-refractivity contribution in [3.63, 3.8) is 0 Å². The monoisotopic (exact) mass is 377 g/mol. The Bertz CT molecular complexity index is 845. The summed E-state index contributed by atoms with van der Waals surface area (Å²) in [6.45, 7) is 3.50. The quantitative estimate of drug-likeness (QED) is 0.751. The van der Waals surface area contributed by atoms with E-state index in [9.17, 15) is 13.2 Å². The summed E-state index contributed by atoms with van der Waals surface area (Å²) in [5.41, 5.74) is 1.60. The van der Waals surface area contributed by atoms with Gasteiger partial charge in [-0.1, -0.05) is 36.8 Å². The van der Waals surface area contributed by atoms with Gasteiger partial charge in [0.1, 0.15) is 5.75 Å². The van der Waals surface area contributed by atoms with Crippen LogP contribution in [0.25, 0.3) is 0 Å². The fourth-order valence-electron chi connectivity index (χ4n) is 2.54. The minimum atomic E-state index is -3.82. The van der Waals surface area contributed by atoms with Crippen LogP contribution < -0.4 is 9.46 Å². The normalized spacial score (nSPS) is 13.7. The second kappa shape index (κ2) is 8.33. The van der Waals surface area contributed by atoms with E-state index >= 15 is 0 Å². The summed E-state index contributed by atoms with van der Waals surface area (Å²) in [5.74, 6) is -0.578. The lowest BCUT2D eigenvalue weighted by molar-refractivity contribution is -0.145. The molecule has 2 atom stereocenters. The molecule has 0 saturated carbocycles. The summed E-state index contributed by atoms with van der Waals surface area (Å²) in [6, 6.07) is 12.6. The molecule has 26 heavy (non-hydrogen) atoms. The van der Waals surface area contributed by atoms with Gasteiger partial charge in [-0.3, -0.25) is 4.79 Å². The SMILES string of the molecule is COC(=O)C(C)C(NS(=O)(=O)c1ccc(C)cc1)c1ccc(OC)cc1. The molecule has 0 aliphatic carbocycles. The van der Waals surface area contributed by atoms with Crippen LogP contribution in [0.4, 0.5) is 0 Å². The highest BCUT2D eigenvalue weighted by molar-refractivity contribution is 7.89. The zero-order chi connectivity index (χ0) is 19.3. The number of ether oxygens (including phenoxy) is 2. The first-order chi connectivity index (χ1) is 12.3. The zero-order valence-electron chi connectivity index (χ0n) is 15.2. The number of hydrogen-bond acceptors (Lipinski definition) is 5. The molecule has 140 valence electrons. The first-order valence-corrected chi connectivity index (χ1v) is 9.57. The fraction of sp³-hybridized carbons (Fsp3) is 0.316. The number of nitrogens with one attached hydrogen (secondary N) is 1. The first kappa shape index (κ1) is 19.9. The van der Waals surface area contributed by atoms with Crippen molar-refractivity contribution in [1.29, 1.82) is 0 Å². The van der Waals surface area contributed by atoms with Gasteiger partial charge in [0, 0.05) is 0 Å². The number of esters is 1. The number of hydrogen-bond donors (Lipinski definition) is 1. The molecular formula is C19H23NO5S. The second-order valence-electron chi connectivity index (χ2n) is 6.00. The first-order valence-electron chi connectivity index (χ1n) is 8.09. The molecule has 1 N–H and O–H groups in total. The molecule has 2 aromatic rings. The van der Waals surface area contributed by atoms with Crippen molar-refractivity contribution in [2.75, 3.05) is 14.2 Å². The predicted molar refractivity (Wildman–Crippen MR) is 98.4 cm³/mol. The third kappa shape index (κ3) is 4.62. The lowest BCUT2D eigenvalue weighted by Gasteiger charge is -2.24. The van der Waals surface area contributed by atoms with E-state index in [2.05, 4.69) is 4.72 Å². The van der Waals surface area contributed by atoms with Gasteiger partial charge in [0.15, 0.2) is 0 Å². The van der Waals surface area contributed by atoms with E-state index in [0.29, 0.717) is 11.3 Å². The van der Waals surface area contributed by atoms with Crippen molar-refractivity contribution in [2.45, 2.75) is 24.8 Å². The Kier molecular flexibility index (Phi) is 6.39. The van der Waals surface area contributed by atoms with Gasteiger partial charge in [-0.05, 0) is 36.8 Å². The molecular weight excluding hydrogens is 354 g/mol. The number of aryl methyl sites for hydroxylation is 1. The summed E-state index contributed by atoms with van der Waals surface area (Å²) in [5, 5.41) is 0. The number of carbonyl (C=O) groups excluding carboxylic acids is 1. The van der Waals surface area contributed by atoms with Gasteiger partial charge in [0.25, 0.3) is 0 Å². The highest BCUT2D eigenvalue weighted by atomic mass is 32.2. The number of carbonyl (C=O) groups is 1. The fourth-order valence-corrected chi connectivity index (χ4v) is 3.85. The van der Waals surface area contributed by atoms with E-state index in [1.165, 1.54) is 19.2 Å². The molecule has 0 bridgehead atoms. The largest absolute Gasteiger partial charge is 0.497 e. The second-order valence-corrected chi connectivity index (χ2v) is 7.71. The van der Waals surface area contributed by atoms with Crippen molar-refractivity contribution in [2.24, 2.45) is 5.92 Å². The summed E-state index contributed by atoms with van der Waals surface area (Å²) < 4.78 is 38.1. The summed E-state index contributed by atoms with van der Waals surface area (Å²) in [6.07, 6.45) is 0. The van der Waals surface area contributed by atoms with E-state index in [4.69, 9.17) is 9.47 Å². The molecule has 0 amide bonds. The molecule has 0 heterocycles.